The molecular weight excluding hydrogens is 276 g/mol. The predicted octanol–water partition coefficient (Wildman–Crippen LogP) is 3.91. The number of ketones is 1. The fourth-order valence-electron chi connectivity index (χ4n) is 1.71. The zero-order valence-corrected chi connectivity index (χ0v) is 11.7. The van der Waals surface area contributed by atoms with Gasteiger partial charge in [-0.2, -0.15) is 5.26 Å². The topological polar surface area (TPSA) is 63.0 Å². The first-order valence-corrected chi connectivity index (χ1v) is 6.24. The number of carbonyl (C=O) groups is 1. The Hall–Kier alpha value is -2.38. The van der Waals surface area contributed by atoms with E-state index < -0.39 is 0 Å². The third kappa shape index (κ3) is 2.79. The van der Waals surface area contributed by atoms with E-state index in [1.807, 2.05) is 13.0 Å². The number of nitriles is 1. The average Bonchev–Trinajstić information content (AvgIpc) is 2.41. The fraction of sp³-hybridized carbons (Fsp3) is 0.133. The van der Waals surface area contributed by atoms with Crippen LogP contribution in [-0.2, 0) is 0 Å². The number of Topliss-reactive ketones (excluding diaryl/α,β-unsaturated/α-hetero) is 1. The van der Waals surface area contributed by atoms with Crippen LogP contribution in [0.3, 0.4) is 0 Å². The first-order valence-electron chi connectivity index (χ1n) is 5.87. The molecule has 1 aromatic carbocycles. The standard InChI is InChI=1S/C15H11ClN2O2/c1-9-7-11(10(2)19)3-4-13(9)20-14-5-6-18-15(16)12(14)8-17/h3-7H,1-2H3. The molecule has 1 heterocycles. The molecule has 0 saturated carbocycles. The molecule has 0 bridgehead atoms. The molecule has 0 spiro atoms. The molecule has 0 atom stereocenters. The molecule has 100 valence electrons. The van der Waals surface area contributed by atoms with Crippen LogP contribution in [0.4, 0.5) is 0 Å². The SMILES string of the molecule is CC(=O)c1ccc(Oc2ccnc(Cl)c2C#N)c(C)c1. The molecule has 2 rings (SSSR count). The maximum atomic E-state index is 11.3. The summed E-state index contributed by atoms with van der Waals surface area (Å²) in [7, 11) is 0. The van der Waals surface area contributed by atoms with Crippen LogP contribution in [0.15, 0.2) is 30.5 Å². The van der Waals surface area contributed by atoms with Crippen LogP contribution >= 0.6 is 11.6 Å². The third-order valence-corrected chi connectivity index (χ3v) is 3.07. The zero-order chi connectivity index (χ0) is 14.7. The summed E-state index contributed by atoms with van der Waals surface area (Å²) in [6, 6.07) is 8.65. The van der Waals surface area contributed by atoms with Crippen LogP contribution in [0, 0.1) is 18.3 Å². The predicted molar refractivity (Wildman–Crippen MR) is 75.2 cm³/mol. The minimum Gasteiger partial charge on any atom is -0.456 e. The summed E-state index contributed by atoms with van der Waals surface area (Å²) in [6.07, 6.45) is 1.47. The molecule has 0 amide bonds. The molecule has 0 fully saturated rings. The first kappa shape index (κ1) is 14.0. The van der Waals surface area contributed by atoms with Gasteiger partial charge < -0.3 is 4.74 Å². The Bertz CT molecular complexity index is 720. The summed E-state index contributed by atoms with van der Waals surface area (Å²) in [5.41, 5.74) is 1.60. The van der Waals surface area contributed by atoms with E-state index in [-0.39, 0.29) is 16.5 Å². The Balaban J connectivity index is 2.39. The number of nitrogens with zero attached hydrogens (tertiary/aromatic N) is 2. The number of aryl methyl sites for hydroxylation is 1. The maximum absolute atomic E-state index is 11.3. The highest BCUT2D eigenvalue weighted by molar-refractivity contribution is 6.30. The van der Waals surface area contributed by atoms with E-state index in [0.29, 0.717) is 17.1 Å². The van der Waals surface area contributed by atoms with Crippen LogP contribution in [0.25, 0.3) is 0 Å². The van der Waals surface area contributed by atoms with Crippen molar-refractivity contribution in [3.05, 3.63) is 52.3 Å². The molecule has 0 saturated heterocycles. The van der Waals surface area contributed by atoms with Crippen LogP contribution in [0.5, 0.6) is 11.5 Å². The normalized spacial score (nSPS) is 9.90. The lowest BCUT2D eigenvalue weighted by molar-refractivity contribution is 0.101. The fourth-order valence-corrected chi connectivity index (χ4v) is 1.90. The number of halogens is 1. The van der Waals surface area contributed by atoms with E-state index in [4.69, 9.17) is 21.6 Å². The van der Waals surface area contributed by atoms with Crippen molar-refractivity contribution < 1.29 is 9.53 Å². The lowest BCUT2D eigenvalue weighted by Gasteiger charge is -2.11. The van der Waals surface area contributed by atoms with Gasteiger partial charge in [0.15, 0.2) is 10.9 Å². The molecular formula is C15H11ClN2O2. The van der Waals surface area contributed by atoms with E-state index in [1.54, 1.807) is 24.3 Å². The van der Waals surface area contributed by atoms with Gasteiger partial charge in [-0.05, 0) is 37.6 Å². The highest BCUT2D eigenvalue weighted by atomic mass is 35.5. The van der Waals surface area contributed by atoms with Crippen molar-refractivity contribution in [3.8, 4) is 17.6 Å². The molecule has 0 aliphatic rings. The molecule has 1 aromatic heterocycles. The minimum absolute atomic E-state index is 0.00989. The van der Waals surface area contributed by atoms with Gasteiger partial charge in [-0.15, -0.1) is 0 Å². The summed E-state index contributed by atoms with van der Waals surface area (Å²) in [6.45, 7) is 3.34. The van der Waals surface area contributed by atoms with Gasteiger partial charge in [0.25, 0.3) is 0 Å². The van der Waals surface area contributed by atoms with Gasteiger partial charge >= 0.3 is 0 Å². The Morgan fingerprint density at radius 3 is 2.70 bits per heavy atom. The van der Waals surface area contributed by atoms with E-state index in [0.717, 1.165) is 5.56 Å². The van der Waals surface area contributed by atoms with Gasteiger partial charge in [0.05, 0.1) is 0 Å². The van der Waals surface area contributed by atoms with Gasteiger partial charge in [-0.1, -0.05) is 11.6 Å². The Morgan fingerprint density at radius 2 is 2.10 bits per heavy atom. The summed E-state index contributed by atoms with van der Waals surface area (Å²) in [5.74, 6) is 0.893. The summed E-state index contributed by atoms with van der Waals surface area (Å²) >= 11 is 5.84. The number of carbonyl (C=O) groups excluding carboxylic acids is 1. The van der Waals surface area contributed by atoms with E-state index in [1.165, 1.54) is 13.1 Å². The third-order valence-electron chi connectivity index (χ3n) is 2.78. The molecule has 0 unspecified atom stereocenters. The van der Waals surface area contributed by atoms with Gasteiger partial charge in [0, 0.05) is 17.8 Å². The van der Waals surface area contributed by atoms with Crippen LogP contribution in [0.2, 0.25) is 5.15 Å². The zero-order valence-electron chi connectivity index (χ0n) is 11.0. The molecule has 5 heteroatoms. The van der Waals surface area contributed by atoms with Crippen LogP contribution in [-0.4, -0.2) is 10.8 Å². The van der Waals surface area contributed by atoms with Gasteiger partial charge in [0.2, 0.25) is 0 Å². The van der Waals surface area contributed by atoms with Gasteiger partial charge in [-0.25, -0.2) is 4.98 Å². The lowest BCUT2D eigenvalue weighted by Crippen LogP contribution is -1.96. The number of benzene rings is 1. The number of pyridine rings is 1. The highest BCUT2D eigenvalue weighted by Crippen LogP contribution is 2.30. The molecule has 0 aliphatic heterocycles. The van der Waals surface area contributed by atoms with Crippen LogP contribution < -0.4 is 4.74 Å². The Labute approximate surface area is 121 Å². The highest BCUT2D eigenvalue weighted by Gasteiger charge is 2.11. The smallest absolute Gasteiger partial charge is 0.159 e. The molecule has 2 aromatic rings. The second-order valence-corrected chi connectivity index (χ2v) is 4.58. The molecule has 0 N–H and O–H groups in total. The molecule has 4 nitrogen and oxygen atoms in total. The average molecular weight is 287 g/mol. The molecule has 0 radical (unpaired) electrons. The van der Waals surface area contributed by atoms with Crippen molar-refractivity contribution in [1.29, 1.82) is 5.26 Å². The largest absolute Gasteiger partial charge is 0.456 e. The van der Waals surface area contributed by atoms with Crippen molar-refractivity contribution in [2.24, 2.45) is 0 Å². The van der Waals surface area contributed by atoms with Gasteiger partial charge in [-0.3, -0.25) is 4.79 Å². The van der Waals surface area contributed by atoms with Crippen molar-refractivity contribution in [2.75, 3.05) is 0 Å². The van der Waals surface area contributed by atoms with E-state index in [9.17, 15) is 4.79 Å². The Kier molecular flexibility index (Phi) is 4.02. The minimum atomic E-state index is -0.00989. The second-order valence-electron chi connectivity index (χ2n) is 4.23. The number of hydrogen-bond acceptors (Lipinski definition) is 4. The lowest BCUT2D eigenvalue weighted by atomic mass is 10.1. The Morgan fingerprint density at radius 1 is 1.35 bits per heavy atom. The number of hydrogen-bond donors (Lipinski definition) is 0. The quantitative estimate of drug-likeness (QED) is 0.634. The van der Waals surface area contributed by atoms with Crippen molar-refractivity contribution >= 4 is 17.4 Å². The monoisotopic (exact) mass is 286 g/mol. The maximum Gasteiger partial charge on any atom is 0.159 e. The van der Waals surface area contributed by atoms with Crippen LogP contribution in [0.1, 0.15) is 28.4 Å². The van der Waals surface area contributed by atoms with Gasteiger partial charge in [0.1, 0.15) is 23.1 Å². The second kappa shape index (κ2) is 5.72. The van der Waals surface area contributed by atoms with E-state index in [2.05, 4.69) is 4.98 Å². The number of rotatable bonds is 3. The van der Waals surface area contributed by atoms with E-state index >= 15 is 0 Å². The number of ether oxygens (including phenoxy) is 1. The summed E-state index contributed by atoms with van der Waals surface area (Å²) in [4.78, 5) is 15.1. The van der Waals surface area contributed by atoms with Crippen molar-refractivity contribution in [1.82, 2.24) is 4.98 Å². The summed E-state index contributed by atoms with van der Waals surface area (Å²) in [5, 5.41) is 9.16. The van der Waals surface area contributed by atoms with Crippen molar-refractivity contribution in [3.63, 3.8) is 0 Å². The molecule has 0 aliphatic carbocycles. The van der Waals surface area contributed by atoms with Crippen molar-refractivity contribution in [2.45, 2.75) is 13.8 Å². The summed E-state index contributed by atoms with van der Waals surface area (Å²) < 4.78 is 5.69. The first-order chi connectivity index (χ1) is 9.52. The number of aromatic nitrogens is 1. The molecule has 20 heavy (non-hydrogen) atoms.